The second-order valence-electron chi connectivity index (χ2n) is 7.17. The summed E-state index contributed by atoms with van der Waals surface area (Å²) in [5.74, 6) is 0.811. The Kier molecular flexibility index (Phi) is 7.23. The Morgan fingerprint density at radius 1 is 1.13 bits per heavy atom. The average Bonchev–Trinajstić information content (AvgIpc) is 2.72. The van der Waals surface area contributed by atoms with Crippen molar-refractivity contribution in [3.63, 3.8) is 0 Å². The highest BCUT2D eigenvalue weighted by Gasteiger charge is 2.36. The molecule has 0 fully saturated rings. The fraction of sp³-hybridized carbons (Fsp3) is 0.450. The maximum atomic E-state index is 6.75. The van der Waals surface area contributed by atoms with E-state index >= 15 is 0 Å². The van der Waals surface area contributed by atoms with E-state index in [1.165, 1.54) is 0 Å². The molecular weight excluding hydrogens is 423 g/mol. The average molecular weight is 451 g/mol. The summed E-state index contributed by atoms with van der Waals surface area (Å²) >= 11 is 12.3. The lowest BCUT2D eigenvalue weighted by molar-refractivity contribution is 0.439. The molecule has 2 heterocycles. The topological polar surface area (TPSA) is 112 Å². The second kappa shape index (κ2) is 9.68. The zero-order valence-electron chi connectivity index (χ0n) is 17.4. The minimum absolute atomic E-state index is 0.440. The summed E-state index contributed by atoms with van der Waals surface area (Å²) in [5.41, 5.74) is 9.08. The molecule has 1 aromatic heterocycles. The molecule has 1 aliphatic heterocycles. The first-order valence-corrected chi connectivity index (χ1v) is 10.8. The van der Waals surface area contributed by atoms with Gasteiger partial charge in [-0.05, 0) is 30.5 Å². The third-order valence-electron chi connectivity index (χ3n) is 4.55. The fourth-order valence-electron chi connectivity index (χ4n) is 3.16. The highest BCUT2D eigenvalue weighted by molar-refractivity contribution is 6.42. The van der Waals surface area contributed by atoms with Crippen molar-refractivity contribution in [3.8, 4) is 0 Å². The van der Waals surface area contributed by atoms with Gasteiger partial charge in [0.2, 0.25) is 5.95 Å². The molecule has 10 heteroatoms. The molecule has 2 aromatic rings. The van der Waals surface area contributed by atoms with Crippen molar-refractivity contribution in [2.45, 2.75) is 38.9 Å². The molecule has 0 spiro atoms. The first-order valence-electron chi connectivity index (χ1n) is 10.1. The number of halogens is 2. The Morgan fingerprint density at radius 3 is 2.60 bits per heavy atom. The molecule has 1 aromatic carbocycles. The van der Waals surface area contributed by atoms with Crippen LogP contribution in [0.5, 0.6) is 0 Å². The van der Waals surface area contributed by atoms with Gasteiger partial charge in [0.05, 0.1) is 10.0 Å². The zero-order chi connectivity index (χ0) is 21.7. The molecule has 1 atom stereocenters. The minimum Gasteiger partial charge on any atom is -0.368 e. The second-order valence-corrected chi connectivity index (χ2v) is 7.99. The Balaban J connectivity index is 2.04. The van der Waals surface area contributed by atoms with Gasteiger partial charge < -0.3 is 21.3 Å². The van der Waals surface area contributed by atoms with Crippen molar-refractivity contribution in [1.82, 2.24) is 15.3 Å². The van der Waals surface area contributed by atoms with Crippen LogP contribution in [0, 0.1) is 0 Å². The number of fused-ring (bicyclic) bond motifs is 1. The van der Waals surface area contributed by atoms with Crippen LogP contribution in [0.15, 0.2) is 23.2 Å². The Bertz CT molecular complexity index is 933. The third-order valence-corrected chi connectivity index (χ3v) is 5.29. The van der Waals surface area contributed by atoms with Crippen LogP contribution in [0.4, 0.5) is 17.5 Å². The summed E-state index contributed by atoms with van der Waals surface area (Å²) in [6.45, 7) is 5.60. The monoisotopic (exact) mass is 450 g/mol. The number of aromatic nitrogens is 2. The number of anilines is 3. The lowest BCUT2D eigenvalue weighted by Gasteiger charge is -2.39. The van der Waals surface area contributed by atoms with Crippen molar-refractivity contribution in [2.24, 2.45) is 10.7 Å². The molecule has 1 unspecified atom stereocenters. The summed E-state index contributed by atoms with van der Waals surface area (Å²) in [7, 11) is 1.79. The van der Waals surface area contributed by atoms with Crippen molar-refractivity contribution in [2.75, 3.05) is 36.1 Å². The van der Waals surface area contributed by atoms with Gasteiger partial charge in [0.25, 0.3) is 0 Å². The fourth-order valence-corrected chi connectivity index (χ4v) is 3.48. The quantitative estimate of drug-likeness (QED) is 0.416. The maximum Gasteiger partial charge on any atom is 0.225 e. The highest BCUT2D eigenvalue weighted by Crippen LogP contribution is 2.32. The predicted octanol–water partition coefficient (Wildman–Crippen LogP) is 3.67. The summed E-state index contributed by atoms with van der Waals surface area (Å²) in [6, 6.07) is 5.49. The molecule has 0 amide bonds. The van der Waals surface area contributed by atoms with Gasteiger partial charge in [0, 0.05) is 26.6 Å². The van der Waals surface area contributed by atoms with E-state index in [1.807, 2.05) is 12.1 Å². The lowest BCUT2D eigenvalue weighted by Crippen LogP contribution is -2.66. The number of rotatable bonds is 8. The van der Waals surface area contributed by atoms with E-state index in [0.29, 0.717) is 46.3 Å². The van der Waals surface area contributed by atoms with Gasteiger partial charge in [0.1, 0.15) is 11.4 Å². The Labute approximate surface area is 187 Å². The normalized spacial score (nSPS) is 19.1. The summed E-state index contributed by atoms with van der Waals surface area (Å²) in [5, 5.41) is 14.1. The van der Waals surface area contributed by atoms with Gasteiger partial charge in [-0.3, -0.25) is 10.7 Å². The standard InChI is InChI=1S/C20H28Cl2N8/c1-4-8-25-17-16-15(27-19(24-3)28-17)18(26-9-5-2)30-20(23,29-16)11-12-6-7-13(21)14(22)10-12/h6-7,10,29H,4-5,8-9,11,23H2,1-3H3,(H,26,30)(H2,24,25,27,28). The summed E-state index contributed by atoms with van der Waals surface area (Å²) in [4.78, 5) is 13.9. The predicted molar refractivity (Wildman–Crippen MR) is 126 cm³/mol. The molecule has 0 saturated heterocycles. The Hall–Kier alpha value is -2.29. The van der Waals surface area contributed by atoms with Gasteiger partial charge in [-0.2, -0.15) is 4.98 Å². The van der Waals surface area contributed by atoms with Crippen LogP contribution >= 0.6 is 23.2 Å². The molecule has 3 rings (SSSR count). The lowest BCUT2D eigenvalue weighted by atomic mass is 10.0. The van der Waals surface area contributed by atoms with Crippen LogP contribution in [0.3, 0.4) is 0 Å². The van der Waals surface area contributed by atoms with Crippen LogP contribution in [-0.2, 0) is 6.42 Å². The van der Waals surface area contributed by atoms with Crippen LogP contribution < -0.4 is 27.0 Å². The molecule has 30 heavy (non-hydrogen) atoms. The number of amidine groups is 1. The third kappa shape index (κ3) is 5.06. The molecular formula is C20H28Cl2N8. The number of hydrogen-bond donors (Lipinski definition) is 5. The molecule has 8 nitrogen and oxygen atoms in total. The highest BCUT2D eigenvalue weighted by atomic mass is 35.5. The molecule has 1 aliphatic rings. The van der Waals surface area contributed by atoms with E-state index in [-0.39, 0.29) is 0 Å². The van der Waals surface area contributed by atoms with Crippen LogP contribution in [0.25, 0.3) is 0 Å². The first-order chi connectivity index (χ1) is 14.4. The van der Waals surface area contributed by atoms with Crippen molar-refractivity contribution in [1.29, 1.82) is 0 Å². The van der Waals surface area contributed by atoms with E-state index in [9.17, 15) is 0 Å². The number of hydrogen-bond acceptors (Lipinski definition) is 7. The SMILES string of the molecule is CCCN=C1NC(N)(Cc2ccc(Cl)c(Cl)c2)Nc2c(NCCC)nc(NC)nc21. The smallest absolute Gasteiger partial charge is 0.225 e. The van der Waals surface area contributed by atoms with Crippen LogP contribution in [-0.4, -0.2) is 41.7 Å². The minimum atomic E-state index is -1.01. The van der Waals surface area contributed by atoms with Gasteiger partial charge in [-0.25, -0.2) is 4.98 Å². The van der Waals surface area contributed by atoms with E-state index in [1.54, 1.807) is 13.1 Å². The van der Waals surface area contributed by atoms with E-state index < -0.39 is 5.79 Å². The largest absolute Gasteiger partial charge is 0.368 e. The van der Waals surface area contributed by atoms with E-state index in [0.717, 1.165) is 30.6 Å². The van der Waals surface area contributed by atoms with Crippen LogP contribution in [0.1, 0.15) is 37.9 Å². The van der Waals surface area contributed by atoms with Gasteiger partial charge in [-0.15, -0.1) is 0 Å². The van der Waals surface area contributed by atoms with Gasteiger partial charge in [0.15, 0.2) is 17.4 Å². The number of nitrogens with two attached hydrogens (primary N) is 1. The number of nitrogens with one attached hydrogen (secondary N) is 4. The van der Waals surface area contributed by atoms with Crippen molar-refractivity contribution in [3.05, 3.63) is 39.5 Å². The molecule has 0 aliphatic carbocycles. The Morgan fingerprint density at radius 2 is 1.93 bits per heavy atom. The maximum absolute atomic E-state index is 6.75. The first kappa shape index (κ1) is 22.4. The van der Waals surface area contributed by atoms with Crippen LogP contribution in [0.2, 0.25) is 10.0 Å². The van der Waals surface area contributed by atoms with Crippen molar-refractivity contribution >= 4 is 46.5 Å². The van der Waals surface area contributed by atoms with Crippen molar-refractivity contribution < 1.29 is 0 Å². The zero-order valence-corrected chi connectivity index (χ0v) is 19.0. The molecule has 0 bridgehead atoms. The number of aliphatic imine (C=N–C) groups is 1. The summed E-state index contributed by atoms with van der Waals surface area (Å²) in [6.07, 6.45) is 2.30. The molecule has 0 radical (unpaired) electrons. The molecule has 162 valence electrons. The number of nitrogens with zero attached hydrogens (tertiary/aromatic N) is 3. The van der Waals surface area contributed by atoms with Gasteiger partial charge >= 0.3 is 0 Å². The molecule has 0 saturated carbocycles. The molecule has 6 N–H and O–H groups in total. The van der Waals surface area contributed by atoms with E-state index in [4.69, 9.17) is 33.9 Å². The number of benzene rings is 1. The van der Waals surface area contributed by atoms with Gasteiger partial charge in [-0.1, -0.05) is 43.1 Å². The van der Waals surface area contributed by atoms with E-state index in [2.05, 4.69) is 45.1 Å². The summed E-state index contributed by atoms with van der Waals surface area (Å²) < 4.78 is 0.